The van der Waals surface area contributed by atoms with E-state index in [2.05, 4.69) is 30.6 Å². The highest BCUT2D eigenvalue weighted by Crippen LogP contribution is 2.30. The van der Waals surface area contributed by atoms with Crippen molar-refractivity contribution in [2.45, 2.75) is 38.0 Å². The highest BCUT2D eigenvalue weighted by Gasteiger charge is 2.41. The van der Waals surface area contributed by atoms with Crippen LogP contribution in [0.5, 0.6) is 17.4 Å². The SMILES string of the molecule is CCOc1cccnc1Oc1cncc(-c2ncc(C(=O)N[C@H]3CC[C@H](C(F)(F)F)NC3)cn2)c1. The van der Waals surface area contributed by atoms with Crippen molar-refractivity contribution in [3.05, 3.63) is 54.7 Å². The number of halogens is 3. The summed E-state index contributed by atoms with van der Waals surface area (Å²) < 4.78 is 49.6. The van der Waals surface area contributed by atoms with Crippen molar-refractivity contribution in [1.29, 1.82) is 0 Å². The normalized spacial score (nSPS) is 18.1. The Morgan fingerprint density at radius 3 is 2.66 bits per heavy atom. The number of pyridine rings is 2. The van der Waals surface area contributed by atoms with Gasteiger partial charge in [-0.3, -0.25) is 9.78 Å². The van der Waals surface area contributed by atoms with Crippen LogP contribution in [0.2, 0.25) is 0 Å². The first-order valence-electron chi connectivity index (χ1n) is 11.0. The number of carbonyl (C=O) groups is 1. The molecule has 4 heterocycles. The van der Waals surface area contributed by atoms with Crippen molar-refractivity contribution in [2.24, 2.45) is 0 Å². The zero-order valence-corrected chi connectivity index (χ0v) is 18.7. The maximum Gasteiger partial charge on any atom is 0.403 e. The zero-order chi connectivity index (χ0) is 24.8. The number of aromatic nitrogens is 4. The van der Waals surface area contributed by atoms with Crippen molar-refractivity contribution in [3.8, 4) is 28.8 Å². The molecule has 2 atom stereocenters. The molecule has 0 unspecified atom stereocenters. The minimum atomic E-state index is -4.29. The van der Waals surface area contributed by atoms with E-state index in [1.807, 2.05) is 6.92 Å². The summed E-state index contributed by atoms with van der Waals surface area (Å²) in [5.74, 6) is 1.05. The Bertz CT molecular complexity index is 1150. The van der Waals surface area contributed by atoms with Gasteiger partial charge in [-0.25, -0.2) is 15.0 Å². The third-order valence-electron chi connectivity index (χ3n) is 5.28. The summed E-state index contributed by atoms with van der Waals surface area (Å²) in [5.41, 5.74) is 0.750. The van der Waals surface area contributed by atoms with Crippen LogP contribution in [0.3, 0.4) is 0 Å². The minimum Gasteiger partial charge on any atom is -0.488 e. The Hall–Kier alpha value is -3.80. The van der Waals surface area contributed by atoms with Gasteiger partial charge in [0.2, 0.25) is 0 Å². The van der Waals surface area contributed by atoms with E-state index < -0.39 is 24.2 Å². The number of amides is 1. The molecule has 0 radical (unpaired) electrons. The summed E-state index contributed by atoms with van der Waals surface area (Å²) in [6.07, 6.45) is 3.18. The van der Waals surface area contributed by atoms with Gasteiger partial charge >= 0.3 is 6.18 Å². The molecule has 4 rings (SSSR count). The standard InChI is InChI=1S/C23H23F3N6O3/c1-2-34-18-4-3-7-28-22(18)35-17-8-14(9-27-13-17)20-30-10-15(11-31-20)21(33)32-16-5-6-19(29-12-16)23(24,25)26/h3-4,7-11,13,16,19,29H,2,5-6,12H2,1H3,(H,32,33)/t16-,19+/m0/s1. The molecular formula is C23H23F3N6O3. The summed E-state index contributed by atoms with van der Waals surface area (Å²) in [6, 6.07) is 3.20. The number of carbonyl (C=O) groups excluding carboxylic acids is 1. The predicted molar refractivity (Wildman–Crippen MR) is 119 cm³/mol. The highest BCUT2D eigenvalue weighted by molar-refractivity contribution is 5.93. The van der Waals surface area contributed by atoms with Crippen LogP contribution in [0, 0.1) is 0 Å². The van der Waals surface area contributed by atoms with Gasteiger partial charge in [0.15, 0.2) is 11.6 Å². The van der Waals surface area contributed by atoms with Crippen LogP contribution in [0.25, 0.3) is 11.4 Å². The lowest BCUT2D eigenvalue weighted by Crippen LogP contribution is -2.54. The molecule has 1 amide bonds. The fourth-order valence-electron chi connectivity index (χ4n) is 3.55. The quantitative estimate of drug-likeness (QED) is 0.520. The van der Waals surface area contributed by atoms with Gasteiger partial charge in [-0.1, -0.05) is 0 Å². The molecule has 1 aliphatic rings. The fourth-order valence-corrected chi connectivity index (χ4v) is 3.55. The average Bonchev–Trinajstić information content (AvgIpc) is 2.85. The molecule has 12 heteroatoms. The summed E-state index contributed by atoms with van der Waals surface area (Å²) in [7, 11) is 0. The van der Waals surface area contributed by atoms with Gasteiger partial charge in [-0.2, -0.15) is 13.2 Å². The Morgan fingerprint density at radius 2 is 1.97 bits per heavy atom. The molecule has 1 saturated heterocycles. The minimum absolute atomic E-state index is 0.0363. The second-order valence-electron chi connectivity index (χ2n) is 7.80. The van der Waals surface area contributed by atoms with E-state index in [-0.39, 0.29) is 24.9 Å². The first-order valence-corrected chi connectivity index (χ1v) is 11.0. The average molecular weight is 488 g/mol. The van der Waals surface area contributed by atoms with Crippen LogP contribution in [-0.2, 0) is 0 Å². The first kappa shape index (κ1) is 24.3. The Labute approximate surface area is 199 Å². The third-order valence-corrected chi connectivity index (χ3v) is 5.28. The molecule has 35 heavy (non-hydrogen) atoms. The van der Waals surface area contributed by atoms with Gasteiger partial charge in [-0.05, 0) is 38.0 Å². The first-order chi connectivity index (χ1) is 16.8. The van der Waals surface area contributed by atoms with Crippen LogP contribution in [0.1, 0.15) is 30.1 Å². The number of hydrogen-bond acceptors (Lipinski definition) is 8. The molecule has 0 aliphatic carbocycles. The highest BCUT2D eigenvalue weighted by atomic mass is 19.4. The lowest BCUT2D eigenvalue weighted by Gasteiger charge is -2.31. The Balaban J connectivity index is 1.39. The molecule has 1 aliphatic heterocycles. The largest absolute Gasteiger partial charge is 0.488 e. The van der Waals surface area contributed by atoms with Crippen molar-refractivity contribution in [3.63, 3.8) is 0 Å². The number of nitrogens with one attached hydrogen (secondary N) is 2. The van der Waals surface area contributed by atoms with E-state index in [1.165, 1.54) is 18.6 Å². The number of piperidine rings is 1. The van der Waals surface area contributed by atoms with E-state index in [1.54, 1.807) is 30.6 Å². The van der Waals surface area contributed by atoms with Crippen LogP contribution < -0.4 is 20.1 Å². The summed E-state index contributed by atoms with van der Waals surface area (Å²) in [4.78, 5) is 29.3. The number of rotatable bonds is 7. The van der Waals surface area contributed by atoms with E-state index in [9.17, 15) is 18.0 Å². The molecule has 0 saturated carbocycles. The topological polar surface area (TPSA) is 111 Å². The molecule has 2 N–H and O–H groups in total. The Kier molecular flexibility index (Phi) is 7.39. The predicted octanol–water partition coefficient (Wildman–Crippen LogP) is 3.54. The van der Waals surface area contributed by atoms with Gasteiger partial charge in [0.25, 0.3) is 11.8 Å². The van der Waals surface area contributed by atoms with Gasteiger partial charge in [0.05, 0.1) is 18.4 Å². The molecule has 3 aromatic heterocycles. The van der Waals surface area contributed by atoms with Crippen molar-refractivity contribution in [1.82, 2.24) is 30.6 Å². The zero-order valence-electron chi connectivity index (χ0n) is 18.7. The van der Waals surface area contributed by atoms with Crippen LogP contribution in [0.15, 0.2) is 49.2 Å². The van der Waals surface area contributed by atoms with Crippen LogP contribution in [0.4, 0.5) is 13.2 Å². The molecule has 9 nitrogen and oxygen atoms in total. The molecule has 184 valence electrons. The lowest BCUT2D eigenvalue weighted by molar-refractivity contribution is -0.160. The molecule has 3 aromatic rings. The third kappa shape index (κ3) is 6.21. The van der Waals surface area contributed by atoms with Gasteiger partial charge in [-0.15, -0.1) is 0 Å². The monoisotopic (exact) mass is 488 g/mol. The van der Waals surface area contributed by atoms with E-state index in [4.69, 9.17) is 9.47 Å². The molecule has 0 spiro atoms. The van der Waals surface area contributed by atoms with Crippen LogP contribution in [-0.4, -0.2) is 57.3 Å². The van der Waals surface area contributed by atoms with E-state index >= 15 is 0 Å². The van der Waals surface area contributed by atoms with Crippen molar-refractivity contribution < 1.29 is 27.4 Å². The summed E-state index contributed by atoms with van der Waals surface area (Å²) in [5, 5.41) is 5.15. The molecular weight excluding hydrogens is 465 g/mol. The maximum absolute atomic E-state index is 12.8. The summed E-state index contributed by atoms with van der Waals surface area (Å²) >= 11 is 0. The lowest BCUT2D eigenvalue weighted by atomic mass is 10.00. The molecule has 1 fully saturated rings. The van der Waals surface area contributed by atoms with Gasteiger partial charge in [0.1, 0.15) is 11.8 Å². The smallest absolute Gasteiger partial charge is 0.403 e. The van der Waals surface area contributed by atoms with E-state index in [0.29, 0.717) is 35.4 Å². The fraction of sp³-hybridized carbons (Fsp3) is 0.348. The second-order valence-corrected chi connectivity index (χ2v) is 7.80. The Morgan fingerprint density at radius 1 is 1.17 bits per heavy atom. The number of nitrogens with zero attached hydrogens (tertiary/aromatic N) is 4. The number of hydrogen-bond donors (Lipinski definition) is 2. The van der Waals surface area contributed by atoms with Gasteiger partial charge in [0, 0.05) is 42.9 Å². The second kappa shape index (κ2) is 10.6. The van der Waals surface area contributed by atoms with Crippen molar-refractivity contribution >= 4 is 5.91 Å². The van der Waals surface area contributed by atoms with Crippen LogP contribution >= 0.6 is 0 Å². The van der Waals surface area contributed by atoms with Crippen molar-refractivity contribution in [2.75, 3.05) is 13.2 Å². The number of alkyl halides is 3. The number of ether oxygens (including phenoxy) is 2. The van der Waals surface area contributed by atoms with Gasteiger partial charge < -0.3 is 20.1 Å². The van der Waals surface area contributed by atoms with E-state index in [0.717, 1.165) is 0 Å². The molecule has 0 aromatic carbocycles. The summed E-state index contributed by atoms with van der Waals surface area (Å²) in [6.45, 7) is 2.35. The molecule has 0 bridgehead atoms. The maximum atomic E-state index is 12.8.